The van der Waals surface area contributed by atoms with E-state index in [1.54, 1.807) is 39.8 Å². The van der Waals surface area contributed by atoms with E-state index in [2.05, 4.69) is 10.1 Å². The molecule has 0 bridgehead atoms. The number of rotatable bonds is 12. The molecule has 4 amide bonds. The van der Waals surface area contributed by atoms with Gasteiger partial charge in [0.1, 0.15) is 12.1 Å². The van der Waals surface area contributed by atoms with Gasteiger partial charge in [0.15, 0.2) is 18.1 Å². The van der Waals surface area contributed by atoms with Crippen molar-refractivity contribution in [1.29, 1.82) is 0 Å². The van der Waals surface area contributed by atoms with Gasteiger partial charge in [-0.05, 0) is 49.6 Å². The Balaban J connectivity index is 1.86. The number of nitrogens with zero attached hydrogens (tertiary/aromatic N) is 2. The lowest BCUT2D eigenvalue weighted by atomic mass is 9.99. The Morgan fingerprint density at radius 1 is 0.977 bits per heavy atom. The number of ether oxygens (including phenoxy) is 3. The number of esters is 2. The summed E-state index contributed by atoms with van der Waals surface area (Å²) >= 11 is 0. The topological polar surface area (TPSA) is 169 Å². The van der Waals surface area contributed by atoms with Crippen LogP contribution >= 0.6 is 0 Å². The number of imide groups is 1. The lowest BCUT2D eigenvalue weighted by Crippen LogP contribution is -2.56. The smallest absolute Gasteiger partial charge is 0.415 e. The molecule has 0 aromatic heterocycles. The van der Waals surface area contributed by atoms with Crippen molar-refractivity contribution < 1.29 is 48.1 Å². The van der Waals surface area contributed by atoms with Crippen molar-refractivity contribution in [2.24, 2.45) is 5.92 Å². The quantitative estimate of drug-likeness (QED) is 0.273. The number of benzene rings is 2. The van der Waals surface area contributed by atoms with E-state index >= 15 is 0 Å². The first-order valence-corrected chi connectivity index (χ1v) is 13.7. The number of amides is 4. The summed E-state index contributed by atoms with van der Waals surface area (Å²) in [6.45, 7) is 6.93. The zero-order valence-corrected chi connectivity index (χ0v) is 24.6. The van der Waals surface area contributed by atoms with Crippen molar-refractivity contribution >= 4 is 35.8 Å². The van der Waals surface area contributed by atoms with Gasteiger partial charge < -0.3 is 29.5 Å². The summed E-state index contributed by atoms with van der Waals surface area (Å²) in [5, 5.41) is 13.1. The van der Waals surface area contributed by atoms with Gasteiger partial charge in [-0.1, -0.05) is 32.0 Å². The standard InChI is InChI=1S/C30H35N3O10/c1-6-32(7-2)30(40)43-23-13-12-18(15-22(23)34)14-21(29(39)42-16-24(35)41-5)31-26(36)25(17(3)4)33-27(37)19-10-8-9-11-20(19)28(33)38/h8-13,15,17,21,25,34H,6-7,14,16H2,1-5H3,(H,31,36)/t21-,25-/m0/s1. The summed E-state index contributed by atoms with van der Waals surface area (Å²) in [6.07, 6.45) is -0.881. The normalized spacial score (nSPS) is 13.7. The molecular weight excluding hydrogens is 562 g/mol. The predicted molar refractivity (Wildman–Crippen MR) is 151 cm³/mol. The zero-order chi connectivity index (χ0) is 31.8. The van der Waals surface area contributed by atoms with Crippen LogP contribution in [0.3, 0.4) is 0 Å². The first-order valence-electron chi connectivity index (χ1n) is 13.7. The van der Waals surface area contributed by atoms with Crippen LogP contribution in [0.1, 0.15) is 54.0 Å². The van der Waals surface area contributed by atoms with Gasteiger partial charge in [-0.25, -0.2) is 14.4 Å². The molecule has 1 heterocycles. The Kier molecular flexibility index (Phi) is 10.8. The summed E-state index contributed by atoms with van der Waals surface area (Å²) in [5.74, 6) is -4.96. The molecule has 13 nitrogen and oxygen atoms in total. The van der Waals surface area contributed by atoms with Gasteiger partial charge in [0.2, 0.25) is 5.91 Å². The van der Waals surface area contributed by atoms with Gasteiger partial charge in [-0.15, -0.1) is 0 Å². The molecule has 0 saturated carbocycles. The number of hydrogen-bond donors (Lipinski definition) is 2. The molecule has 2 N–H and O–H groups in total. The molecule has 0 aliphatic carbocycles. The van der Waals surface area contributed by atoms with Gasteiger partial charge in [-0.2, -0.15) is 0 Å². The zero-order valence-electron chi connectivity index (χ0n) is 24.6. The summed E-state index contributed by atoms with van der Waals surface area (Å²) in [7, 11) is 1.11. The molecule has 1 aliphatic heterocycles. The average Bonchev–Trinajstić information content (AvgIpc) is 3.22. The molecular formula is C30H35N3O10. The maximum Gasteiger partial charge on any atom is 0.415 e. The van der Waals surface area contributed by atoms with Crippen LogP contribution < -0.4 is 10.1 Å². The Hall–Kier alpha value is -4.94. The molecule has 230 valence electrons. The van der Waals surface area contributed by atoms with E-state index in [9.17, 15) is 33.9 Å². The third-order valence-electron chi connectivity index (χ3n) is 6.85. The molecule has 43 heavy (non-hydrogen) atoms. The predicted octanol–water partition coefficient (Wildman–Crippen LogP) is 2.30. The number of hydrogen-bond acceptors (Lipinski definition) is 10. The number of fused-ring (bicyclic) bond motifs is 1. The van der Waals surface area contributed by atoms with Gasteiger partial charge >= 0.3 is 18.0 Å². The van der Waals surface area contributed by atoms with Gasteiger partial charge in [0, 0.05) is 19.5 Å². The van der Waals surface area contributed by atoms with Crippen molar-refractivity contribution in [3.63, 3.8) is 0 Å². The summed E-state index contributed by atoms with van der Waals surface area (Å²) in [4.78, 5) is 79.0. The van der Waals surface area contributed by atoms with Crippen LogP contribution in [0, 0.1) is 5.92 Å². The molecule has 2 aromatic rings. The second-order valence-corrected chi connectivity index (χ2v) is 10.0. The molecule has 0 radical (unpaired) electrons. The van der Waals surface area contributed by atoms with Crippen molar-refractivity contribution in [2.45, 2.75) is 46.2 Å². The molecule has 3 rings (SSSR count). The number of nitrogens with one attached hydrogen (secondary N) is 1. The van der Waals surface area contributed by atoms with Gasteiger partial charge in [0.25, 0.3) is 11.8 Å². The number of phenolic OH excluding ortho intramolecular Hbond substituents is 1. The lowest BCUT2D eigenvalue weighted by Gasteiger charge is -2.30. The highest BCUT2D eigenvalue weighted by Crippen LogP contribution is 2.29. The number of methoxy groups -OCH3 is 1. The van der Waals surface area contributed by atoms with E-state index in [4.69, 9.17) is 9.47 Å². The Labute approximate surface area is 248 Å². The van der Waals surface area contributed by atoms with E-state index in [1.165, 1.54) is 35.2 Å². The highest BCUT2D eigenvalue weighted by Gasteiger charge is 2.44. The molecule has 1 aliphatic rings. The molecule has 0 saturated heterocycles. The Bertz CT molecular complexity index is 1370. The lowest BCUT2D eigenvalue weighted by molar-refractivity contribution is -0.159. The average molecular weight is 598 g/mol. The third kappa shape index (κ3) is 7.48. The highest BCUT2D eigenvalue weighted by molar-refractivity contribution is 6.23. The fourth-order valence-electron chi connectivity index (χ4n) is 4.57. The number of phenols is 1. The van der Waals surface area contributed by atoms with Crippen molar-refractivity contribution in [3.8, 4) is 11.5 Å². The minimum atomic E-state index is -1.41. The van der Waals surface area contributed by atoms with Crippen LogP contribution in [0.25, 0.3) is 0 Å². The maximum absolute atomic E-state index is 13.6. The summed E-state index contributed by atoms with van der Waals surface area (Å²) in [5.41, 5.74) is 0.664. The van der Waals surface area contributed by atoms with E-state index in [0.29, 0.717) is 18.7 Å². The summed E-state index contributed by atoms with van der Waals surface area (Å²) in [6, 6.07) is 7.58. The molecule has 2 atom stereocenters. The third-order valence-corrected chi connectivity index (χ3v) is 6.85. The van der Waals surface area contributed by atoms with Crippen LogP contribution in [-0.4, -0.2) is 89.5 Å². The Morgan fingerprint density at radius 2 is 1.58 bits per heavy atom. The van der Waals surface area contributed by atoms with E-state index in [1.807, 2.05) is 0 Å². The fraction of sp³-hybridized carbons (Fsp3) is 0.400. The van der Waals surface area contributed by atoms with Crippen molar-refractivity contribution in [1.82, 2.24) is 15.1 Å². The highest BCUT2D eigenvalue weighted by atomic mass is 16.6. The van der Waals surface area contributed by atoms with Crippen LogP contribution in [0.2, 0.25) is 0 Å². The largest absolute Gasteiger partial charge is 0.504 e. The second kappa shape index (κ2) is 14.3. The van der Waals surface area contributed by atoms with Gasteiger partial charge in [0.05, 0.1) is 18.2 Å². The maximum atomic E-state index is 13.6. The number of carbonyl (C=O) groups is 6. The Morgan fingerprint density at radius 3 is 2.09 bits per heavy atom. The minimum absolute atomic E-state index is 0.111. The monoisotopic (exact) mass is 597 g/mol. The molecule has 0 spiro atoms. The van der Waals surface area contributed by atoms with Crippen LogP contribution in [0.4, 0.5) is 4.79 Å². The van der Waals surface area contributed by atoms with E-state index < -0.39 is 66.1 Å². The second-order valence-electron chi connectivity index (χ2n) is 10.0. The number of carbonyl (C=O) groups excluding carboxylic acids is 6. The SMILES string of the molecule is CCN(CC)C(=O)Oc1ccc(C[C@H](NC(=O)[C@H](C(C)C)N2C(=O)c3ccccc3C2=O)C(=O)OCC(=O)OC)cc1O. The van der Waals surface area contributed by atoms with Gasteiger partial charge in [-0.3, -0.25) is 19.3 Å². The number of aromatic hydroxyl groups is 1. The molecule has 0 fully saturated rings. The molecule has 13 heteroatoms. The summed E-state index contributed by atoms with van der Waals surface area (Å²) < 4.78 is 14.8. The fourth-order valence-corrected chi connectivity index (χ4v) is 4.57. The van der Waals surface area contributed by atoms with Crippen LogP contribution in [0.15, 0.2) is 42.5 Å². The van der Waals surface area contributed by atoms with E-state index in [-0.39, 0.29) is 23.3 Å². The first kappa shape index (κ1) is 32.6. The van der Waals surface area contributed by atoms with Crippen molar-refractivity contribution in [2.75, 3.05) is 26.8 Å². The minimum Gasteiger partial charge on any atom is -0.504 e. The van der Waals surface area contributed by atoms with Crippen LogP contribution in [0.5, 0.6) is 11.5 Å². The van der Waals surface area contributed by atoms with Crippen LogP contribution in [-0.2, 0) is 30.3 Å². The van der Waals surface area contributed by atoms with Crippen molar-refractivity contribution in [3.05, 3.63) is 59.2 Å². The van der Waals surface area contributed by atoms with E-state index in [0.717, 1.165) is 12.0 Å². The first-order chi connectivity index (χ1) is 20.4. The molecule has 2 aromatic carbocycles. The molecule has 0 unspecified atom stereocenters.